The molecule has 0 aliphatic carbocycles. The number of rotatable bonds is 4. The van der Waals surface area contributed by atoms with E-state index < -0.39 is 0 Å². The molecule has 2 aliphatic heterocycles. The third-order valence-electron chi connectivity index (χ3n) is 5.35. The molecule has 3 heterocycles. The predicted molar refractivity (Wildman–Crippen MR) is 105 cm³/mol. The minimum Gasteiger partial charge on any atom is -0.376 e. The first-order chi connectivity index (χ1) is 12.6. The lowest BCUT2D eigenvalue weighted by atomic mass is 10.1. The highest BCUT2D eigenvalue weighted by molar-refractivity contribution is 7.99. The molecule has 1 aromatic heterocycles. The molecule has 2 aromatic rings. The van der Waals surface area contributed by atoms with Crippen LogP contribution in [0.5, 0.6) is 0 Å². The van der Waals surface area contributed by atoms with Crippen molar-refractivity contribution in [3.05, 3.63) is 35.2 Å². The lowest BCUT2D eigenvalue weighted by Crippen LogP contribution is -2.44. The number of carbonyl (C=O) groups excluding carboxylic acids is 1. The van der Waals surface area contributed by atoms with Gasteiger partial charge in [-0.05, 0) is 57.1 Å². The molecule has 2 fully saturated rings. The Morgan fingerprint density at radius 3 is 2.73 bits per heavy atom. The van der Waals surface area contributed by atoms with Gasteiger partial charge >= 0.3 is 0 Å². The second kappa shape index (κ2) is 7.53. The lowest BCUT2D eigenvalue weighted by Gasteiger charge is -2.31. The van der Waals surface area contributed by atoms with Crippen molar-refractivity contribution in [2.45, 2.75) is 45.3 Å². The van der Waals surface area contributed by atoms with Crippen molar-refractivity contribution in [1.29, 1.82) is 0 Å². The lowest BCUT2D eigenvalue weighted by molar-refractivity contribution is 0.0442. The van der Waals surface area contributed by atoms with E-state index in [0.717, 1.165) is 59.8 Å². The minimum absolute atomic E-state index is 0.0925. The van der Waals surface area contributed by atoms with Crippen molar-refractivity contribution < 1.29 is 9.53 Å². The highest BCUT2D eigenvalue weighted by atomic mass is 32.2. The molecule has 0 spiro atoms. The van der Waals surface area contributed by atoms with Crippen LogP contribution in [0.1, 0.15) is 41.0 Å². The van der Waals surface area contributed by atoms with Gasteiger partial charge in [0.25, 0.3) is 5.91 Å². The maximum absolute atomic E-state index is 13.3. The van der Waals surface area contributed by atoms with Gasteiger partial charge in [-0.15, -0.1) is 0 Å². The highest BCUT2D eigenvalue weighted by Crippen LogP contribution is 2.26. The average molecular weight is 372 g/mol. The highest BCUT2D eigenvalue weighted by Gasteiger charge is 2.31. The Kier molecular flexibility index (Phi) is 5.14. The summed E-state index contributed by atoms with van der Waals surface area (Å²) in [5, 5.41) is 0. The first-order valence-electron chi connectivity index (χ1n) is 9.37. The maximum Gasteiger partial charge on any atom is 0.254 e. The molecule has 4 rings (SSSR count). The first kappa shape index (κ1) is 17.7. The van der Waals surface area contributed by atoms with Gasteiger partial charge in [0.2, 0.25) is 0 Å². The second-order valence-corrected chi connectivity index (χ2v) is 8.36. The van der Waals surface area contributed by atoms with Crippen LogP contribution in [0, 0.1) is 13.8 Å². The fraction of sp³-hybridized carbons (Fsp3) is 0.550. The summed E-state index contributed by atoms with van der Waals surface area (Å²) in [6.45, 7) is 5.43. The molecule has 2 saturated heterocycles. The summed E-state index contributed by atoms with van der Waals surface area (Å²) in [5.41, 5.74) is 4.17. The maximum atomic E-state index is 13.3. The predicted octanol–water partition coefficient (Wildman–Crippen LogP) is 3.37. The molecule has 2 atom stereocenters. The molecule has 1 amide bonds. The van der Waals surface area contributed by atoms with Gasteiger partial charge in [-0.1, -0.05) is 0 Å². The Labute approximate surface area is 158 Å². The van der Waals surface area contributed by atoms with Crippen LogP contribution in [0.4, 0.5) is 0 Å². The number of hydrogen-bond acceptors (Lipinski definition) is 5. The number of aryl methyl sites for hydroxylation is 2. The molecule has 0 radical (unpaired) electrons. The molecule has 26 heavy (non-hydrogen) atoms. The van der Waals surface area contributed by atoms with Crippen LogP contribution >= 0.6 is 11.8 Å². The fourth-order valence-corrected chi connectivity index (χ4v) is 4.93. The van der Waals surface area contributed by atoms with Crippen molar-refractivity contribution >= 4 is 28.7 Å². The van der Waals surface area contributed by atoms with Crippen LogP contribution in [-0.4, -0.2) is 57.6 Å². The van der Waals surface area contributed by atoms with E-state index >= 15 is 0 Å². The van der Waals surface area contributed by atoms with Crippen molar-refractivity contribution in [2.75, 3.05) is 24.7 Å². The van der Waals surface area contributed by atoms with Gasteiger partial charge in [0.05, 0.1) is 28.5 Å². The Bertz CT molecular complexity index is 814. The van der Waals surface area contributed by atoms with Crippen molar-refractivity contribution in [2.24, 2.45) is 0 Å². The van der Waals surface area contributed by atoms with Crippen molar-refractivity contribution in [3.63, 3.8) is 0 Å². The molecule has 5 nitrogen and oxygen atoms in total. The second-order valence-electron chi connectivity index (χ2n) is 7.21. The molecule has 6 heteroatoms. The first-order valence-corrected chi connectivity index (χ1v) is 10.5. The monoisotopic (exact) mass is 371 g/mol. The van der Waals surface area contributed by atoms with E-state index in [0.29, 0.717) is 18.2 Å². The van der Waals surface area contributed by atoms with Crippen LogP contribution in [0.25, 0.3) is 11.0 Å². The summed E-state index contributed by atoms with van der Waals surface area (Å²) in [6.07, 6.45) is 3.38. The third kappa shape index (κ3) is 3.58. The number of amides is 1. The zero-order chi connectivity index (χ0) is 18.1. The molecule has 0 unspecified atom stereocenters. The molecular formula is C20H25N3O2S. The number of hydrogen-bond donors (Lipinski definition) is 0. The van der Waals surface area contributed by atoms with Gasteiger partial charge in [-0.2, -0.15) is 11.8 Å². The van der Waals surface area contributed by atoms with Gasteiger partial charge in [0.15, 0.2) is 0 Å². The number of ether oxygens (including phenoxy) is 1. The quantitative estimate of drug-likeness (QED) is 0.825. The van der Waals surface area contributed by atoms with Crippen LogP contribution in [0.3, 0.4) is 0 Å². The summed E-state index contributed by atoms with van der Waals surface area (Å²) < 4.78 is 5.81. The number of nitrogens with zero attached hydrogens (tertiary/aromatic N) is 3. The average Bonchev–Trinajstić information content (AvgIpc) is 3.33. The normalized spacial score (nSPS) is 22.8. The number of thioether (sulfide) groups is 1. The number of fused-ring (bicyclic) bond motifs is 1. The van der Waals surface area contributed by atoms with E-state index in [-0.39, 0.29) is 12.0 Å². The minimum atomic E-state index is 0.0925. The standard InChI is InChI=1S/C20H25N3O2S/c1-13-14(2)22-19-10-15(5-6-18(19)21-13)20(24)23(16-7-9-26-12-16)11-17-4-3-8-25-17/h5-6,10,16-17H,3-4,7-9,11-12H2,1-2H3/t16-,17+/m0/s1. The number of benzene rings is 1. The van der Waals surface area contributed by atoms with E-state index in [1.54, 1.807) is 0 Å². The number of carbonyl (C=O) groups is 1. The van der Waals surface area contributed by atoms with E-state index in [4.69, 9.17) is 4.74 Å². The summed E-state index contributed by atoms with van der Waals surface area (Å²) in [5.74, 6) is 2.24. The van der Waals surface area contributed by atoms with Gasteiger partial charge < -0.3 is 9.64 Å². The molecule has 0 bridgehead atoms. The smallest absolute Gasteiger partial charge is 0.254 e. The molecule has 1 aromatic carbocycles. The van der Waals surface area contributed by atoms with E-state index in [9.17, 15) is 4.79 Å². The summed E-state index contributed by atoms with van der Waals surface area (Å²) in [4.78, 5) is 24.6. The van der Waals surface area contributed by atoms with Crippen LogP contribution in [-0.2, 0) is 4.74 Å². The zero-order valence-corrected chi connectivity index (χ0v) is 16.2. The summed E-state index contributed by atoms with van der Waals surface area (Å²) in [7, 11) is 0. The van der Waals surface area contributed by atoms with E-state index in [2.05, 4.69) is 9.97 Å². The van der Waals surface area contributed by atoms with Crippen LogP contribution in [0.15, 0.2) is 18.2 Å². The van der Waals surface area contributed by atoms with Crippen LogP contribution in [0.2, 0.25) is 0 Å². The van der Waals surface area contributed by atoms with Crippen LogP contribution < -0.4 is 0 Å². The van der Waals surface area contributed by atoms with Gasteiger partial charge in [0, 0.05) is 30.5 Å². The SMILES string of the molecule is Cc1nc2ccc(C(=O)N(C[C@H]3CCCO3)[C@H]3CCSC3)cc2nc1C. The molecule has 2 aliphatic rings. The summed E-state index contributed by atoms with van der Waals surface area (Å²) >= 11 is 1.93. The third-order valence-corrected chi connectivity index (χ3v) is 6.50. The Hall–Kier alpha value is -1.66. The van der Waals surface area contributed by atoms with Gasteiger partial charge in [-0.3, -0.25) is 4.79 Å². The zero-order valence-electron chi connectivity index (χ0n) is 15.4. The largest absolute Gasteiger partial charge is 0.376 e. The van der Waals surface area contributed by atoms with Gasteiger partial charge in [-0.25, -0.2) is 9.97 Å². The molecular weight excluding hydrogens is 346 g/mol. The van der Waals surface area contributed by atoms with Crippen molar-refractivity contribution in [3.8, 4) is 0 Å². The van der Waals surface area contributed by atoms with E-state index in [1.165, 1.54) is 0 Å². The van der Waals surface area contributed by atoms with Crippen molar-refractivity contribution in [1.82, 2.24) is 14.9 Å². The van der Waals surface area contributed by atoms with Gasteiger partial charge in [0.1, 0.15) is 0 Å². The summed E-state index contributed by atoms with van der Waals surface area (Å²) in [6, 6.07) is 5.99. The molecule has 0 saturated carbocycles. The number of aromatic nitrogens is 2. The Balaban J connectivity index is 1.63. The fourth-order valence-electron chi connectivity index (χ4n) is 3.70. The van der Waals surface area contributed by atoms with E-state index in [1.807, 2.05) is 48.7 Å². The Morgan fingerprint density at radius 1 is 1.23 bits per heavy atom. The molecule has 0 N–H and O–H groups in total. The topological polar surface area (TPSA) is 55.3 Å². The molecule has 138 valence electrons. The Morgan fingerprint density at radius 2 is 2.04 bits per heavy atom.